The molecule has 0 unspecified atom stereocenters. The molecule has 1 aliphatic rings. The molecule has 1 aliphatic heterocycles. The van der Waals surface area contributed by atoms with E-state index in [2.05, 4.69) is 5.32 Å². The van der Waals surface area contributed by atoms with Gasteiger partial charge < -0.3 is 14.8 Å². The Bertz CT molecular complexity index is 899. The molecule has 1 heterocycles. The first kappa shape index (κ1) is 19.1. The summed E-state index contributed by atoms with van der Waals surface area (Å²) in [6, 6.07) is 12.4. The van der Waals surface area contributed by atoms with Gasteiger partial charge in [-0.25, -0.2) is 0 Å². The summed E-state index contributed by atoms with van der Waals surface area (Å²) in [6.45, 7) is 0.0489. The van der Waals surface area contributed by atoms with Gasteiger partial charge in [-0.2, -0.15) is 0 Å². The molecule has 0 aromatic heterocycles. The zero-order valence-corrected chi connectivity index (χ0v) is 16.3. The quantitative estimate of drug-likeness (QED) is 0.717. The number of thioether (sulfide) groups is 1. The van der Waals surface area contributed by atoms with Crippen molar-refractivity contribution in [1.29, 1.82) is 0 Å². The third kappa shape index (κ3) is 4.37. The lowest BCUT2D eigenvalue weighted by atomic mass is 10.2. The van der Waals surface area contributed by atoms with Gasteiger partial charge in [-0.3, -0.25) is 14.5 Å². The van der Waals surface area contributed by atoms with Crippen molar-refractivity contribution in [1.82, 2.24) is 4.90 Å². The van der Waals surface area contributed by atoms with Crippen LogP contribution in [0.25, 0.3) is 6.08 Å². The molecular weight excluding hydrogens is 388 g/mol. The highest BCUT2D eigenvalue weighted by molar-refractivity contribution is 8.18. The van der Waals surface area contributed by atoms with Crippen LogP contribution in [0.15, 0.2) is 47.4 Å². The largest absolute Gasteiger partial charge is 0.497 e. The van der Waals surface area contributed by atoms with Gasteiger partial charge in [-0.05, 0) is 53.7 Å². The van der Waals surface area contributed by atoms with Crippen molar-refractivity contribution in [3.05, 3.63) is 58.0 Å². The zero-order chi connectivity index (χ0) is 19.4. The van der Waals surface area contributed by atoms with Crippen molar-refractivity contribution in [2.24, 2.45) is 0 Å². The molecule has 27 heavy (non-hydrogen) atoms. The van der Waals surface area contributed by atoms with Gasteiger partial charge in [0.05, 0.1) is 30.8 Å². The molecule has 3 rings (SSSR count). The summed E-state index contributed by atoms with van der Waals surface area (Å²) >= 11 is 6.99. The second-order valence-corrected chi connectivity index (χ2v) is 6.97. The predicted octanol–water partition coefficient (Wildman–Crippen LogP) is 4.46. The number of nitrogens with zero attached hydrogens (tertiary/aromatic N) is 1. The van der Waals surface area contributed by atoms with Crippen molar-refractivity contribution < 1.29 is 19.1 Å². The summed E-state index contributed by atoms with van der Waals surface area (Å²) in [6.07, 6.45) is 1.69. The molecule has 0 saturated carbocycles. The highest BCUT2D eigenvalue weighted by Gasteiger charge is 2.34. The molecule has 1 fully saturated rings. The van der Waals surface area contributed by atoms with Crippen LogP contribution in [0.4, 0.5) is 10.5 Å². The maximum absolute atomic E-state index is 12.5. The normalized spacial score (nSPS) is 15.4. The minimum absolute atomic E-state index is 0.0489. The van der Waals surface area contributed by atoms with Gasteiger partial charge in [0.1, 0.15) is 11.5 Å². The monoisotopic (exact) mass is 404 g/mol. The van der Waals surface area contributed by atoms with E-state index < -0.39 is 0 Å². The minimum Gasteiger partial charge on any atom is -0.497 e. The zero-order valence-electron chi connectivity index (χ0n) is 14.7. The van der Waals surface area contributed by atoms with Gasteiger partial charge in [0.2, 0.25) is 0 Å². The summed E-state index contributed by atoms with van der Waals surface area (Å²) < 4.78 is 10.2. The van der Waals surface area contributed by atoms with E-state index in [-0.39, 0.29) is 17.8 Å². The summed E-state index contributed by atoms with van der Waals surface area (Å²) in [4.78, 5) is 26.3. The number of nitrogens with one attached hydrogen (secondary N) is 1. The van der Waals surface area contributed by atoms with Crippen LogP contribution in [0.3, 0.4) is 0 Å². The lowest BCUT2D eigenvalue weighted by Gasteiger charge is -2.15. The summed E-state index contributed by atoms with van der Waals surface area (Å²) in [5.41, 5.74) is 1.50. The number of carbonyl (C=O) groups is 2. The summed E-state index contributed by atoms with van der Waals surface area (Å²) in [7, 11) is 3.12. The molecule has 2 amide bonds. The van der Waals surface area contributed by atoms with Crippen LogP contribution in [0, 0.1) is 0 Å². The Balaban J connectivity index is 1.68. The molecule has 0 atom stereocenters. The number of benzene rings is 2. The van der Waals surface area contributed by atoms with E-state index in [1.165, 1.54) is 7.11 Å². The van der Waals surface area contributed by atoms with Crippen LogP contribution in [0.2, 0.25) is 5.02 Å². The Morgan fingerprint density at radius 3 is 2.48 bits per heavy atom. The first-order valence-corrected chi connectivity index (χ1v) is 9.18. The number of anilines is 1. The van der Waals surface area contributed by atoms with E-state index >= 15 is 0 Å². The van der Waals surface area contributed by atoms with Crippen molar-refractivity contribution in [2.45, 2.75) is 0 Å². The SMILES string of the molecule is COc1ccc(/C=C2\SC(=O)N(CNc3ccc(OC)c(Cl)c3)C2=O)cc1. The average Bonchev–Trinajstić information content (AvgIpc) is 2.94. The number of ether oxygens (including phenoxy) is 2. The minimum atomic E-state index is -0.340. The molecule has 0 aliphatic carbocycles. The van der Waals surface area contributed by atoms with Crippen LogP contribution < -0.4 is 14.8 Å². The van der Waals surface area contributed by atoms with Crippen molar-refractivity contribution in [2.75, 3.05) is 26.2 Å². The molecule has 1 N–H and O–H groups in total. The van der Waals surface area contributed by atoms with Gasteiger partial charge in [-0.15, -0.1) is 0 Å². The Kier molecular flexibility index (Phi) is 5.93. The first-order valence-electron chi connectivity index (χ1n) is 7.98. The number of amides is 2. The van der Waals surface area contributed by atoms with E-state index in [0.29, 0.717) is 21.4 Å². The number of hydrogen-bond acceptors (Lipinski definition) is 6. The fourth-order valence-electron chi connectivity index (χ4n) is 2.43. The van der Waals surface area contributed by atoms with Crippen LogP contribution in [-0.4, -0.2) is 36.9 Å². The van der Waals surface area contributed by atoms with Crippen LogP contribution in [-0.2, 0) is 4.79 Å². The number of rotatable bonds is 6. The second kappa shape index (κ2) is 8.37. The van der Waals surface area contributed by atoms with E-state index in [1.807, 2.05) is 12.1 Å². The third-order valence-corrected chi connectivity index (χ3v) is 5.08. The maximum Gasteiger partial charge on any atom is 0.295 e. The molecular formula is C19H17ClN2O4S. The predicted molar refractivity (Wildman–Crippen MR) is 107 cm³/mol. The topological polar surface area (TPSA) is 67.9 Å². The van der Waals surface area contributed by atoms with E-state index in [9.17, 15) is 9.59 Å². The number of halogens is 1. The lowest BCUT2D eigenvalue weighted by molar-refractivity contribution is -0.122. The second-order valence-electron chi connectivity index (χ2n) is 5.57. The van der Waals surface area contributed by atoms with Gasteiger partial charge in [0.25, 0.3) is 11.1 Å². The summed E-state index contributed by atoms with van der Waals surface area (Å²) in [5.74, 6) is 0.936. The summed E-state index contributed by atoms with van der Waals surface area (Å²) in [5, 5.41) is 3.14. The number of hydrogen-bond donors (Lipinski definition) is 1. The molecule has 2 aromatic carbocycles. The molecule has 6 nitrogen and oxygen atoms in total. The number of carbonyl (C=O) groups excluding carboxylic acids is 2. The molecule has 0 spiro atoms. The van der Waals surface area contributed by atoms with Crippen molar-refractivity contribution in [3.63, 3.8) is 0 Å². The number of methoxy groups -OCH3 is 2. The Morgan fingerprint density at radius 1 is 1.11 bits per heavy atom. The molecule has 140 valence electrons. The molecule has 0 radical (unpaired) electrons. The first-order chi connectivity index (χ1) is 13.0. The molecule has 8 heteroatoms. The molecule has 1 saturated heterocycles. The molecule has 0 bridgehead atoms. The van der Waals surface area contributed by atoms with E-state index in [4.69, 9.17) is 21.1 Å². The lowest BCUT2D eigenvalue weighted by Crippen LogP contribution is -2.33. The Morgan fingerprint density at radius 2 is 1.85 bits per heavy atom. The van der Waals surface area contributed by atoms with Gasteiger partial charge >= 0.3 is 0 Å². The Labute approximate surface area is 166 Å². The Hall–Kier alpha value is -2.64. The number of imide groups is 1. The smallest absolute Gasteiger partial charge is 0.295 e. The highest BCUT2D eigenvalue weighted by atomic mass is 35.5. The molecule has 2 aromatic rings. The van der Waals surface area contributed by atoms with E-state index in [1.54, 1.807) is 43.5 Å². The van der Waals surface area contributed by atoms with E-state index in [0.717, 1.165) is 28.0 Å². The van der Waals surface area contributed by atoms with Crippen LogP contribution in [0.1, 0.15) is 5.56 Å². The highest BCUT2D eigenvalue weighted by Crippen LogP contribution is 2.33. The fourth-order valence-corrected chi connectivity index (χ4v) is 3.53. The van der Waals surface area contributed by atoms with Crippen molar-refractivity contribution >= 4 is 46.3 Å². The fraction of sp³-hybridized carbons (Fsp3) is 0.158. The van der Waals surface area contributed by atoms with Crippen LogP contribution in [0.5, 0.6) is 11.5 Å². The standard InChI is InChI=1S/C19H17ClN2O4S/c1-25-14-6-3-12(4-7-14)9-17-18(23)22(19(24)27-17)11-21-13-5-8-16(26-2)15(20)10-13/h3-10,21H,11H2,1-2H3/b17-9-. The average molecular weight is 405 g/mol. The third-order valence-electron chi connectivity index (χ3n) is 3.88. The van der Waals surface area contributed by atoms with Crippen molar-refractivity contribution in [3.8, 4) is 11.5 Å². The maximum atomic E-state index is 12.5. The van der Waals surface area contributed by atoms with Gasteiger partial charge in [-0.1, -0.05) is 23.7 Å². The van der Waals surface area contributed by atoms with Gasteiger partial charge in [0.15, 0.2) is 0 Å². The van der Waals surface area contributed by atoms with Crippen LogP contribution >= 0.6 is 23.4 Å². The van der Waals surface area contributed by atoms with Gasteiger partial charge in [0, 0.05) is 5.69 Å².